The SMILES string of the molecule is CN(C(=O)COC(=O)c1cc([N+](=O)[O-])ccc1Sc1nnnn1C)C1CCS(=O)(=O)C1. The lowest BCUT2D eigenvalue weighted by Crippen LogP contribution is -2.40. The average Bonchev–Trinajstić information content (AvgIpc) is 3.29. The largest absolute Gasteiger partial charge is 0.452 e. The summed E-state index contributed by atoms with van der Waals surface area (Å²) in [5, 5.41) is 22.4. The van der Waals surface area contributed by atoms with E-state index in [4.69, 9.17) is 4.74 Å². The number of aromatic nitrogens is 4. The Kier molecular flexibility index (Phi) is 6.54. The van der Waals surface area contributed by atoms with Crippen molar-refractivity contribution in [3.63, 3.8) is 0 Å². The standard InChI is InChI=1S/C16H18N6O7S2/c1-20(11-5-6-31(27,28)9-11)14(23)8-29-15(24)12-7-10(22(25)26)3-4-13(12)30-16-17-18-19-21(16)2/h3-4,7,11H,5-6,8-9H2,1-2H3. The molecule has 2 aromatic rings. The molecule has 0 spiro atoms. The number of benzene rings is 1. The molecule has 31 heavy (non-hydrogen) atoms. The van der Waals surface area contributed by atoms with Crippen LogP contribution < -0.4 is 0 Å². The highest BCUT2D eigenvalue weighted by Gasteiger charge is 2.33. The number of non-ortho nitro benzene ring substituents is 1. The van der Waals surface area contributed by atoms with Gasteiger partial charge in [-0.15, -0.1) is 5.10 Å². The van der Waals surface area contributed by atoms with Gasteiger partial charge in [-0.3, -0.25) is 14.9 Å². The van der Waals surface area contributed by atoms with E-state index >= 15 is 0 Å². The highest BCUT2D eigenvalue weighted by atomic mass is 32.2. The lowest BCUT2D eigenvalue weighted by molar-refractivity contribution is -0.384. The number of amides is 1. The summed E-state index contributed by atoms with van der Waals surface area (Å²) in [5.74, 6) is -1.66. The molecule has 1 aromatic carbocycles. The summed E-state index contributed by atoms with van der Waals surface area (Å²) < 4.78 is 29.6. The molecule has 0 saturated carbocycles. The summed E-state index contributed by atoms with van der Waals surface area (Å²) in [7, 11) is -0.153. The molecule has 1 unspecified atom stereocenters. The van der Waals surface area contributed by atoms with E-state index in [1.165, 1.54) is 28.8 Å². The third-order valence-electron chi connectivity index (χ3n) is 4.65. The second-order valence-electron chi connectivity index (χ2n) is 6.76. The number of nitro groups is 1. The van der Waals surface area contributed by atoms with Gasteiger partial charge in [-0.05, 0) is 34.7 Å². The molecule has 0 aliphatic carbocycles. The molecular formula is C16H18N6O7S2. The number of esters is 1. The molecule has 1 aromatic heterocycles. The molecule has 2 heterocycles. The Labute approximate surface area is 180 Å². The molecule has 3 rings (SSSR count). The third-order valence-corrected chi connectivity index (χ3v) is 7.51. The van der Waals surface area contributed by atoms with Crippen LogP contribution in [0, 0.1) is 10.1 Å². The average molecular weight is 470 g/mol. The van der Waals surface area contributed by atoms with Crippen LogP contribution in [0.5, 0.6) is 0 Å². The zero-order chi connectivity index (χ0) is 22.8. The van der Waals surface area contributed by atoms with E-state index in [2.05, 4.69) is 15.5 Å². The van der Waals surface area contributed by atoms with Gasteiger partial charge < -0.3 is 9.64 Å². The molecule has 1 aliphatic heterocycles. The Hall–Kier alpha value is -3.07. The quantitative estimate of drug-likeness (QED) is 0.305. The Morgan fingerprint density at radius 2 is 2.16 bits per heavy atom. The number of rotatable bonds is 7. The number of ether oxygens (including phenoxy) is 1. The number of nitrogens with zero attached hydrogens (tertiary/aromatic N) is 6. The van der Waals surface area contributed by atoms with Gasteiger partial charge >= 0.3 is 5.97 Å². The Morgan fingerprint density at radius 1 is 1.42 bits per heavy atom. The fourth-order valence-electron chi connectivity index (χ4n) is 2.88. The first-order chi connectivity index (χ1) is 14.6. The molecule has 0 N–H and O–H groups in total. The van der Waals surface area contributed by atoms with Crippen LogP contribution in [-0.4, -0.2) is 81.5 Å². The van der Waals surface area contributed by atoms with Crippen molar-refractivity contribution >= 4 is 39.2 Å². The maximum Gasteiger partial charge on any atom is 0.340 e. The fourth-order valence-corrected chi connectivity index (χ4v) is 5.48. The number of likely N-dealkylation sites (N-methyl/N-ethyl adjacent to an activating group) is 1. The van der Waals surface area contributed by atoms with Gasteiger partial charge in [0.05, 0.1) is 22.0 Å². The molecule has 1 amide bonds. The first-order valence-electron chi connectivity index (χ1n) is 8.89. The number of carbonyl (C=O) groups excluding carboxylic acids is 2. The summed E-state index contributed by atoms with van der Waals surface area (Å²) in [5.41, 5.74) is -0.451. The van der Waals surface area contributed by atoms with Crippen LogP contribution in [0.1, 0.15) is 16.8 Å². The van der Waals surface area contributed by atoms with E-state index in [0.29, 0.717) is 16.5 Å². The normalized spacial score (nSPS) is 17.3. The highest BCUT2D eigenvalue weighted by Crippen LogP contribution is 2.31. The van der Waals surface area contributed by atoms with Crippen molar-refractivity contribution in [2.75, 3.05) is 25.2 Å². The smallest absolute Gasteiger partial charge is 0.340 e. The number of carbonyl (C=O) groups is 2. The minimum Gasteiger partial charge on any atom is -0.452 e. The number of nitro benzene ring substituents is 1. The summed E-state index contributed by atoms with van der Waals surface area (Å²) in [6, 6.07) is 3.16. The van der Waals surface area contributed by atoms with Crippen LogP contribution in [0.15, 0.2) is 28.3 Å². The summed E-state index contributed by atoms with van der Waals surface area (Å²) in [4.78, 5) is 37.0. The molecule has 0 radical (unpaired) electrons. The van der Waals surface area contributed by atoms with Crippen molar-refractivity contribution in [2.24, 2.45) is 7.05 Å². The summed E-state index contributed by atoms with van der Waals surface area (Å²) in [6.07, 6.45) is 0.315. The number of hydrogen-bond acceptors (Lipinski definition) is 11. The predicted octanol–water partition coefficient (Wildman–Crippen LogP) is 0.0718. The molecule has 1 atom stereocenters. The van der Waals surface area contributed by atoms with Crippen LogP contribution in [-0.2, 0) is 26.4 Å². The van der Waals surface area contributed by atoms with Crippen molar-refractivity contribution in [2.45, 2.75) is 22.5 Å². The maximum absolute atomic E-state index is 12.6. The van der Waals surface area contributed by atoms with E-state index in [1.54, 1.807) is 7.05 Å². The molecule has 13 nitrogen and oxygen atoms in total. The lowest BCUT2D eigenvalue weighted by atomic mass is 10.2. The minimum atomic E-state index is -3.18. The summed E-state index contributed by atoms with van der Waals surface area (Å²) >= 11 is 0.998. The first kappa shape index (κ1) is 22.6. The van der Waals surface area contributed by atoms with E-state index in [0.717, 1.165) is 17.8 Å². The van der Waals surface area contributed by atoms with E-state index in [-0.39, 0.29) is 22.8 Å². The first-order valence-corrected chi connectivity index (χ1v) is 11.5. The number of sulfone groups is 1. The van der Waals surface area contributed by atoms with Crippen molar-refractivity contribution in [3.8, 4) is 0 Å². The Morgan fingerprint density at radius 3 is 2.74 bits per heavy atom. The van der Waals surface area contributed by atoms with Crippen LogP contribution >= 0.6 is 11.8 Å². The van der Waals surface area contributed by atoms with E-state index < -0.39 is 39.3 Å². The molecule has 1 saturated heterocycles. The Bertz CT molecular complexity index is 1130. The molecule has 166 valence electrons. The number of hydrogen-bond donors (Lipinski definition) is 0. The summed E-state index contributed by atoms with van der Waals surface area (Å²) in [6.45, 7) is -0.635. The van der Waals surface area contributed by atoms with Gasteiger partial charge in [-0.1, -0.05) is 0 Å². The van der Waals surface area contributed by atoms with Crippen LogP contribution in [0.25, 0.3) is 0 Å². The fraction of sp³-hybridized carbons (Fsp3) is 0.438. The molecule has 1 fully saturated rings. The van der Waals surface area contributed by atoms with E-state index in [9.17, 15) is 28.1 Å². The highest BCUT2D eigenvalue weighted by molar-refractivity contribution is 7.99. The van der Waals surface area contributed by atoms with Crippen molar-refractivity contribution in [1.29, 1.82) is 0 Å². The lowest BCUT2D eigenvalue weighted by Gasteiger charge is -2.23. The van der Waals surface area contributed by atoms with Gasteiger partial charge in [-0.25, -0.2) is 17.9 Å². The van der Waals surface area contributed by atoms with Gasteiger partial charge in [-0.2, -0.15) is 0 Å². The zero-order valence-electron chi connectivity index (χ0n) is 16.5. The topological polar surface area (TPSA) is 167 Å². The zero-order valence-corrected chi connectivity index (χ0v) is 18.1. The van der Waals surface area contributed by atoms with Gasteiger partial charge in [0.2, 0.25) is 5.16 Å². The number of aryl methyl sites for hydroxylation is 1. The van der Waals surface area contributed by atoms with Gasteiger partial charge in [0.25, 0.3) is 11.6 Å². The molecular weight excluding hydrogens is 452 g/mol. The predicted molar refractivity (Wildman–Crippen MR) is 106 cm³/mol. The van der Waals surface area contributed by atoms with Crippen LogP contribution in [0.3, 0.4) is 0 Å². The van der Waals surface area contributed by atoms with Crippen LogP contribution in [0.2, 0.25) is 0 Å². The monoisotopic (exact) mass is 470 g/mol. The number of tetrazole rings is 1. The van der Waals surface area contributed by atoms with Crippen molar-refractivity contribution in [1.82, 2.24) is 25.1 Å². The van der Waals surface area contributed by atoms with Crippen LogP contribution in [0.4, 0.5) is 5.69 Å². The Balaban J connectivity index is 1.73. The minimum absolute atomic E-state index is 0.000243. The molecule has 15 heteroatoms. The van der Waals surface area contributed by atoms with Gasteiger partial charge in [0.1, 0.15) is 0 Å². The van der Waals surface area contributed by atoms with Gasteiger partial charge in [0.15, 0.2) is 16.4 Å². The van der Waals surface area contributed by atoms with E-state index in [1.807, 2.05) is 0 Å². The van der Waals surface area contributed by atoms with Crippen molar-refractivity contribution in [3.05, 3.63) is 33.9 Å². The second kappa shape index (κ2) is 8.97. The molecule has 1 aliphatic rings. The second-order valence-corrected chi connectivity index (χ2v) is 10.0. The molecule has 0 bridgehead atoms. The van der Waals surface area contributed by atoms with Gasteiger partial charge in [0, 0.05) is 37.2 Å². The van der Waals surface area contributed by atoms with Crippen molar-refractivity contribution < 1.29 is 27.7 Å². The maximum atomic E-state index is 12.6. The third kappa shape index (κ3) is 5.35.